The van der Waals surface area contributed by atoms with Gasteiger partial charge in [-0.3, -0.25) is 0 Å². The van der Waals surface area contributed by atoms with Crippen molar-refractivity contribution in [1.82, 2.24) is 5.32 Å². The molecule has 0 unspecified atom stereocenters. The summed E-state index contributed by atoms with van der Waals surface area (Å²) in [6.07, 6.45) is 2.57. The van der Waals surface area contributed by atoms with Gasteiger partial charge in [0.25, 0.3) is 0 Å². The molecule has 1 spiro atoms. The fourth-order valence-electron chi connectivity index (χ4n) is 3.72. The Kier molecular flexibility index (Phi) is 5.95. The molecule has 2 atom stereocenters. The molecule has 2 aliphatic rings. The van der Waals surface area contributed by atoms with Crippen LogP contribution in [0, 0.1) is 6.92 Å². The van der Waals surface area contributed by atoms with Crippen LogP contribution in [-0.4, -0.2) is 50.8 Å². The predicted octanol–water partition coefficient (Wildman–Crippen LogP) is 2.64. The average Bonchev–Trinajstić information content (AvgIpc) is 2.89. The lowest BCUT2D eigenvalue weighted by Gasteiger charge is -2.37. The van der Waals surface area contributed by atoms with Gasteiger partial charge >= 0.3 is 6.03 Å². The summed E-state index contributed by atoms with van der Waals surface area (Å²) in [6, 6.07) is 5.22. The molecule has 2 aliphatic heterocycles. The Balaban J connectivity index is 1.61. The fourth-order valence-corrected chi connectivity index (χ4v) is 5.69. The number of benzene rings is 1. The molecule has 7 nitrogen and oxygen atoms in total. The van der Waals surface area contributed by atoms with Crippen LogP contribution in [-0.2, 0) is 14.6 Å². The topological polar surface area (TPSA) is 93.7 Å². The second kappa shape index (κ2) is 8.06. The number of aryl methyl sites for hydroxylation is 1. The molecule has 0 aromatic heterocycles. The Morgan fingerprint density at radius 2 is 2.22 bits per heavy atom. The largest absolute Gasteiger partial charge is 0.491 e. The third-order valence-electron chi connectivity index (χ3n) is 5.03. The standard InChI is InChI=1S/C19H28N2O5S/c1-3-8-25-17-11-14(2)4-5-16(17)21-18(22)20-15-6-9-26-19(12-15)7-10-27(23,24)13-19/h4-5,11,15H,3,6-10,12-13H2,1-2H3,(H2,20,21,22)/t15-,19+/m1/s1. The fraction of sp³-hybridized carbons (Fsp3) is 0.632. The first-order chi connectivity index (χ1) is 12.8. The second-order valence-electron chi connectivity index (χ2n) is 7.51. The molecule has 0 bridgehead atoms. The van der Waals surface area contributed by atoms with Crippen molar-refractivity contribution < 1.29 is 22.7 Å². The van der Waals surface area contributed by atoms with Gasteiger partial charge in [0.05, 0.1) is 29.4 Å². The minimum absolute atomic E-state index is 0.0484. The highest BCUT2D eigenvalue weighted by Gasteiger charge is 2.46. The van der Waals surface area contributed by atoms with Gasteiger partial charge in [0.2, 0.25) is 0 Å². The van der Waals surface area contributed by atoms with Gasteiger partial charge in [0, 0.05) is 12.6 Å². The zero-order chi connectivity index (χ0) is 19.5. The first-order valence-corrected chi connectivity index (χ1v) is 11.3. The Hall–Kier alpha value is -1.80. The molecule has 3 rings (SSSR count). The van der Waals surface area contributed by atoms with Crippen LogP contribution in [0.3, 0.4) is 0 Å². The van der Waals surface area contributed by atoms with Crippen molar-refractivity contribution in [3.05, 3.63) is 23.8 Å². The summed E-state index contributed by atoms with van der Waals surface area (Å²) in [5, 5.41) is 5.82. The highest BCUT2D eigenvalue weighted by Crippen LogP contribution is 2.35. The number of hydrogen-bond acceptors (Lipinski definition) is 5. The Morgan fingerprint density at radius 3 is 2.93 bits per heavy atom. The molecular formula is C19H28N2O5S. The Bertz CT molecular complexity index is 795. The van der Waals surface area contributed by atoms with E-state index in [1.165, 1.54) is 0 Å². The molecule has 0 radical (unpaired) electrons. The van der Waals surface area contributed by atoms with Crippen LogP contribution in [0.4, 0.5) is 10.5 Å². The number of rotatable bonds is 5. The SMILES string of the molecule is CCCOc1cc(C)ccc1NC(=O)N[C@@H]1CCO[C@@]2(CCS(=O)(=O)C2)C1. The van der Waals surface area contributed by atoms with Gasteiger partial charge in [-0.25, -0.2) is 13.2 Å². The number of hydrogen-bond donors (Lipinski definition) is 2. The van der Waals surface area contributed by atoms with Crippen molar-refractivity contribution >= 4 is 21.6 Å². The summed E-state index contributed by atoms with van der Waals surface area (Å²) < 4.78 is 35.2. The summed E-state index contributed by atoms with van der Waals surface area (Å²) in [5.74, 6) is 0.859. The zero-order valence-electron chi connectivity index (χ0n) is 15.9. The molecule has 2 heterocycles. The Labute approximate surface area is 160 Å². The summed E-state index contributed by atoms with van der Waals surface area (Å²) in [6.45, 7) is 5.03. The highest BCUT2D eigenvalue weighted by molar-refractivity contribution is 7.91. The normalized spacial score (nSPS) is 26.7. The van der Waals surface area contributed by atoms with E-state index >= 15 is 0 Å². The van der Waals surface area contributed by atoms with Gasteiger partial charge in [0.1, 0.15) is 5.75 Å². The quantitative estimate of drug-likeness (QED) is 0.798. The first kappa shape index (κ1) is 19.9. The number of urea groups is 1. The third kappa shape index (κ3) is 5.13. The lowest BCUT2D eigenvalue weighted by Crippen LogP contribution is -2.50. The van der Waals surface area contributed by atoms with Gasteiger partial charge in [0.15, 0.2) is 9.84 Å². The number of nitrogens with one attached hydrogen (secondary N) is 2. The molecule has 1 aromatic carbocycles. The highest BCUT2D eigenvalue weighted by atomic mass is 32.2. The molecular weight excluding hydrogens is 368 g/mol. The molecule has 27 heavy (non-hydrogen) atoms. The summed E-state index contributed by atoms with van der Waals surface area (Å²) >= 11 is 0. The number of amides is 2. The van der Waals surface area contributed by atoms with E-state index in [4.69, 9.17) is 9.47 Å². The van der Waals surface area contributed by atoms with E-state index in [0.29, 0.717) is 43.9 Å². The van der Waals surface area contributed by atoms with Gasteiger partial charge in [-0.2, -0.15) is 0 Å². The maximum Gasteiger partial charge on any atom is 0.319 e. The van der Waals surface area contributed by atoms with Crippen molar-refractivity contribution in [2.45, 2.75) is 51.2 Å². The minimum Gasteiger partial charge on any atom is -0.491 e. The van der Waals surface area contributed by atoms with Crippen LogP contribution in [0.5, 0.6) is 5.75 Å². The van der Waals surface area contributed by atoms with Crippen molar-refractivity contribution in [1.29, 1.82) is 0 Å². The number of ether oxygens (including phenoxy) is 2. The molecule has 2 N–H and O–H groups in total. The van der Waals surface area contributed by atoms with Gasteiger partial charge < -0.3 is 20.1 Å². The maximum atomic E-state index is 12.5. The molecule has 2 saturated heterocycles. The van der Waals surface area contributed by atoms with Crippen molar-refractivity contribution in [2.75, 3.05) is 30.0 Å². The van der Waals surface area contributed by atoms with E-state index in [1.54, 1.807) is 0 Å². The average molecular weight is 397 g/mol. The van der Waals surface area contributed by atoms with Crippen LogP contribution < -0.4 is 15.4 Å². The smallest absolute Gasteiger partial charge is 0.319 e. The number of sulfone groups is 1. The van der Waals surface area contributed by atoms with E-state index in [9.17, 15) is 13.2 Å². The monoisotopic (exact) mass is 396 g/mol. The molecule has 1 aromatic rings. The van der Waals surface area contributed by atoms with Gasteiger partial charge in [-0.1, -0.05) is 13.0 Å². The lowest BCUT2D eigenvalue weighted by molar-refractivity contribution is -0.0685. The molecule has 8 heteroatoms. The molecule has 150 valence electrons. The van der Waals surface area contributed by atoms with E-state index in [1.807, 2.05) is 32.0 Å². The molecule has 2 amide bonds. The molecule has 0 saturated carbocycles. The summed E-state index contributed by atoms with van der Waals surface area (Å²) in [7, 11) is -3.04. The van der Waals surface area contributed by atoms with Crippen LogP contribution in [0.15, 0.2) is 18.2 Å². The number of anilines is 1. The summed E-state index contributed by atoms with van der Waals surface area (Å²) in [5.41, 5.74) is 1.03. The number of carbonyl (C=O) groups excluding carboxylic acids is 1. The number of carbonyl (C=O) groups is 1. The first-order valence-electron chi connectivity index (χ1n) is 9.46. The third-order valence-corrected chi connectivity index (χ3v) is 6.82. The van der Waals surface area contributed by atoms with E-state index < -0.39 is 15.4 Å². The molecule has 0 aliphatic carbocycles. The van der Waals surface area contributed by atoms with E-state index in [-0.39, 0.29) is 23.6 Å². The van der Waals surface area contributed by atoms with Gasteiger partial charge in [-0.15, -0.1) is 0 Å². The van der Waals surface area contributed by atoms with Crippen LogP contribution >= 0.6 is 0 Å². The van der Waals surface area contributed by atoms with Crippen LogP contribution in [0.1, 0.15) is 38.2 Å². The maximum absolute atomic E-state index is 12.5. The lowest BCUT2D eigenvalue weighted by atomic mass is 9.90. The van der Waals surface area contributed by atoms with Crippen LogP contribution in [0.25, 0.3) is 0 Å². The molecule has 2 fully saturated rings. The second-order valence-corrected chi connectivity index (χ2v) is 9.69. The predicted molar refractivity (Wildman–Crippen MR) is 104 cm³/mol. The Morgan fingerprint density at radius 1 is 1.41 bits per heavy atom. The van der Waals surface area contributed by atoms with Crippen molar-refractivity contribution in [3.8, 4) is 5.75 Å². The van der Waals surface area contributed by atoms with Crippen molar-refractivity contribution in [2.24, 2.45) is 0 Å². The van der Waals surface area contributed by atoms with Crippen molar-refractivity contribution in [3.63, 3.8) is 0 Å². The van der Waals surface area contributed by atoms with Crippen LogP contribution in [0.2, 0.25) is 0 Å². The minimum atomic E-state index is -3.04. The summed E-state index contributed by atoms with van der Waals surface area (Å²) in [4.78, 5) is 12.5. The van der Waals surface area contributed by atoms with Gasteiger partial charge in [-0.05, 0) is 50.3 Å². The van der Waals surface area contributed by atoms with E-state index in [0.717, 1.165) is 12.0 Å². The zero-order valence-corrected chi connectivity index (χ0v) is 16.7. The van der Waals surface area contributed by atoms with E-state index in [2.05, 4.69) is 10.6 Å².